The number of hydrogen-bond acceptors (Lipinski definition) is 3. The number of hydrogen-bond donors (Lipinski definition) is 0. The second kappa shape index (κ2) is 4.70. The number of rotatable bonds is 3. The van der Waals surface area contributed by atoms with Gasteiger partial charge in [-0.15, -0.1) is 10.2 Å². The maximum Gasteiger partial charge on any atom is 0.195 e. The van der Waals surface area contributed by atoms with Crippen LogP contribution >= 0.6 is 11.8 Å². The first-order chi connectivity index (χ1) is 7.76. The summed E-state index contributed by atoms with van der Waals surface area (Å²) in [7, 11) is 0. The van der Waals surface area contributed by atoms with Crippen LogP contribution in [0.3, 0.4) is 0 Å². The van der Waals surface area contributed by atoms with Gasteiger partial charge < -0.3 is 0 Å². The Kier molecular flexibility index (Phi) is 3.29. The van der Waals surface area contributed by atoms with Crippen molar-refractivity contribution in [2.24, 2.45) is 0 Å². The van der Waals surface area contributed by atoms with Crippen LogP contribution in [-0.2, 0) is 6.42 Å². The molecule has 0 aliphatic rings. The van der Waals surface area contributed by atoms with Gasteiger partial charge in [-0.1, -0.05) is 36.4 Å². The second-order valence-corrected chi connectivity index (χ2v) is 4.40. The highest BCUT2D eigenvalue weighted by atomic mass is 32.2. The van der Waals surface area contributed by atoms with E-state index in [1.807, 2.05) is 6.26 Å². The highest BCUT2D eigenvalue weighted by molar-refractivity contribution is 7.98. The summed E-state index contributed by atoms with van der Waals surface area (Å²) >= 11 is 1.62. The molecular formula is C12H15N3S. The van der Waals surface area contributed by atoms with Crippen molar-refractivity contribution >= 4 is 11.8 Å². The maximum absolute atomic E-state index is 4.20. The van der Waals surface area contributed by atoms with Gasteiger partial charge >= 0.3 is 0 Å². The van der Waals surface area contributed by atoms with Crippen LogP contribution < -0.4 is 0 Å². The van der Waals surface area contributed by atoms with Gasteiger partial charge in [0.2, 0.25) is 0 Å². The lowest BCUT2D eigenvalue weighted by molar-refractivity contribution is 0.837. The summed E-state index contributed by atoms with van der Waals surface area (Å²) in [5.41, 5.74) is 2.40. The Morgan fingerprint density at radius 1 is 1.19 bits per heavy atom. The van der Waals surface area contributed by atoms with Gasteiger partial charge in [-0.05, 0) is 25.3 Å². The molecule has 0 aliphatic heterocycles. The first-order valence-corrected chi connectivity index (χ1v) is 6.54. The summed E-state index contributed by atoms with van der Waals surface area (Å²) in [6.07, 6.45) is 2.91. The lowest BCUT2D eigenvalue weighted by Crippen LogP contribution is -2.01. The Morgan fingerprint density at radius 2 is 1.88 bits per heavy atom. The minimum atomic E-state index is 0.890. The van der Waals surface area contributed by atoms with Crippen LogP contribution in [-0.4, -0.2) is 21.0 Å². The summed E-state index contributed by atoms with van der Waals surface area (Å²) in [6, 6.07) is 8.44. The fraction of sp³-hybridized carbons (Fsp3) is 0.333. The molecule has 0 saturated heterocycles. The molecule has 0 spiro atoms. The third-order valence-electron chi connectivity index (χ3n) is 2.49. The van der Waals surface area contributed by atoms with E-state index in [-0.39, 0.29) is 0 Å². The van der Waals surface area contributed by atoms with Crippen LogP contribution in [0.4, 0.5) is 0 Å². The van der Waals surface area contributed by atoms with Gasteiger partial charge in [0.1, 0.15) is 5.82 Å². The molecule has 1 heterocycles. The summed E-state index contributed by atoms with van der Waals surface area (Å²) in [5, 5.41) is 9.32. The van der Waals surface area contributed by atoms with Crippen molar-refractivity contribution < 1.29 is 0 Å². The Labute approximate surface area is 99.9 Å². The normalized spacial score (nSPS) is 10.7. The topological polar surface area (TPSA) is 30.7 Å². The lowest BCUT2D eigenvalue weighted by atomic mass is 10.2. The Balaban J connectivity index is 2.52. The molecule has 0 unspecified atom stereocenters. The Hall–Kier alpha value is -1.29. The van der Waals surface area contributed by atoms with Crippen molar-refractivity contribution in [3.05, 3.63) is 35.7 Å². The summed E-state index contributed by atoms with van der Waals surface area (Å²) in [6.45, 7) is 4.19. The number of aryl methyl sites for hydroxylation is 2. The van der Waals surface area contributed by atoms with Crippen molar-refractivity contribution in [1.29, 1.82) is 0 Å². The second-order valence-electron chi connectivity index (χ2n) is 3.63. The van der Waals surface area contributed by atoms with Gasteiger partial charge in [0.15, 0.2) is 5.16 Å². The molecule has 1 aromatic heterocycles. The number of nitrogens with zero attached hydrogens (tertiary/aromatic N) is 3. The zero-order valence-electron chi connectivity index (χ0n) is 9.77. The van der Waals surface area contributed by atoms with Gasteiger partial charge in [0, 0.05) is 12.1 Å². The molecule has 0 amide bonds. The Bertz CT molecular complexity index is 452. The highest BCUT2D eigenvalue weighted by Gasteiger charge is 2.10. The van der Waals surface area contributed by atoms with Gasteiger partial charge in [0.25, 0.3) is 0 Å². The summed E-state index contributed by atoms with van der Waals surface area (Å²) < 4.78 is 2.12. The van der Waals surface area contributed by atoms with E-state index in [0.717, 1.165) is 23.1 Å². The minimum Gasteiger partial charge on any atom is -0.274 e. The first-order valence-electron chi connectivity index (χ1n) is 5.31. The van der Waals surface area contributed by atoms with Gasteiger partial charge in [-0.25, -0.2) is 0 Å². The predicted octanol–water partition coefficient (Wildman–Crippen LogP) is 2.86. The quantitative estimate of drug-likeness (QED) is 0.764. The largest absolute Gasteiger partial charge is 0.274 e. The van der Waals surface area contributed by atoms with E-state index in [9.17, 15) is 0 Å². The molecule has 0 N–H and O–H groups in total. The van der Waals surface area contributed by atoms with Gasteiger partial charge in [0.05, 0.1) is 0 Å². The zero-order valence-corrected chi connectivity index (χ0v) is 10.6. The maximum atomic E-state index is 4.20. The van der Waals surface area contributed by atoms with Gasteiger partial charge in [-0.3, -0.25) is 4.57 Å². The van der Waals surface area contributed by atoms with Crippen molar-refractivity contribution in [3.63, 3.8) is 0 Å². The molecule has 0 saturated carbocycles. The average molecular weight is 233 g/mol. The van der Waals surface area contributed by atoms with Crippen molar-refractivity contribution in [1.82, 2.24) is 14.8 Å². The molecule has 4 heteroatoms. The highest BCUT2D eigenvalue weighted by Crippen LogP contribution is 2.20. The van der Waals surface area contributed by atoms with E-state index in [1.54, 1.807) is 11.8 Å². The van der Waals surface area contributed by atoms with Crippen LogP contribution in [0.25, 0.3) is 5.69 Å². The number of benzene rings is 1. The Morgan fingerprint density at radius 3 is 2.44 bits per heavy atom. The van der Waals surface area contributed by atoms with Crippen LogP contribution in [0.5, 0.6) is 0 Å². The monoisotopic (exact) mass is 233 g/mol. The molecule has 16 heavy (non-hydrogen) atoms. The standard InChI is InChI=1S/C12H15N3S/c1-4-11-13-14-12(16-3)15(11)10-7-5-9(2)6-8-10/h5-8H,4H2,1-3H3. The van der Waals surface area contributed by atoms with Gasteiger partial charge in [-0.2, -0.15) is 0 Å². The lowest BCUT2D eigenvalue weighted by Gasteiger charge is -2.08. The number of thioether (sulfide) groups is 1. The average Bonchev–Trinajstić information content (AvgIpc) is 2.73. The van der Waals surface area contributed by atoms with E-state index in [2.05, 4.69) is 52.9 Å². The van der Waals surface area contributed by atoms with Crippen LogP contribution in [0, 0.1) is 6.92 Å². The van der Waals surface area contributed by atoms with E-state index < -0.39 is 0 Å². The third kappa shape index (κ3) is 1.97. The first kappa shape index (κ1) is 11.2. The molecule has 84 valence electrons. The molecule has 0 aliphatic carbocycles. The molecule has 1 aromatic carbocycles. The zero-order chi connectivity index (χ0) is 11.5. The van der Waals surface area contributed by atoms with Crippen LogP contribution in [0.2, 0.25) is 0 Å². The van der Waals surface area contributed by atoms with E-state index in [0.29, 0.717) is 0 Å². The van der Waals surface area contributed by atoms with Crippen molar-refractivity contribution in [2.75, 3.05) is 6.26 Å². The fourth-order valence-electron chi connectivity index (χ4n) is 1.61. The van der Waals surface area contributed by atoms with Crippen molar-refractivity contribution in [3.8, 4) is 5.69 Å². The molecule has 3 nitrogen and oxygen atoms in total. The van der Waals surface area contributed by atoms with Crippen LogP contribution in [0.1, 0.15) is 18.3 Å². The molecule has 0 fully saturated rings. The molecule has 0 bridgehead atoms. The van der Waals surface area contributed by atoms with E-state index in [4.69, 9.17) is 0 Å². The predicted molar refractivity (Wildman–Crippen MR) is 67.3 cm³/mol. The van der Waals surface area contributed by atoms with E-state index in [1.165, 1.54) is 5.56 Å². The molecule has 0 atom stereocenters. The fourth-order valence-corrected chi connectivity index (χ4v) is 2.13. The molecular weight excluding hydrogens is 218 g/mol. The molecule has 2 rings (SSSR count). The van der Waals surface area contributed by atoms with Crippen LogP contribution in [0.15, 0.2) is 29.4 Å². The SMILES string of the molecule is CCc1nnc(SC)n1-c1ccc(C)cc1. The minimum absolute atomic E-state index is 0.890. The summed E-state index contributed by atoms with van der Waals surface area (Å²) in [4.78, 5) is 0. The molecule has 0 radical (unpaired) electrons. The van der Waals surface area contributed by atoms with E-state index >= 15 is 0 Å². The third-order valence-corrected chi connectivity index (χ3v) is 3.12. The summed E-state index contributed by atoms with van der Waals surface area (Å²) in [5.74, 6) is 1.01. The molecule has 2 aromatic rings. The number of aromatic nitrogens is 3. The van der Waals surface area contributed by atoms with Crippen molar-refractivity contribution in [2.45, 2.75) is 25.4 Å². The smallest absolute Gasteiger partial charge is 0.195 e.